The Labute approximate surface area is 110 Å². The van der Waals surface area contributed by atoms with E-state index >= 15 is 0 Å². The molecule has 1 aliphatic heterocycles. The highest BCUT2D eigenvalue weighted by Gasteiger charge is 2.27. The van der Waals surface area contributed by atoms with E-state index in [0.29, 0.717) is 12.4 Å². The third-order valence-corrected chi connectivity index (χ3v) is 4.21. The molecule has 0 fully saturated rings. The van der Waals surface area contributed by atoms with E-state index in [1.807, 2.05) is 36.0 Å². The normalized spacial score (nSPS) is 16.6. The fourth-order valence-electron chi connectivity index (χ4n) is 2.12. The van der Waals surface area contributed by atoms with Crippen LogP contribution < -0.4 is 10.5 Å². The quantitative estimate of drug-likeness (QED) is 0.919. The molecule has 2 aromatic rings. The number of aromatic nitrogens is 1. The molecular formula is C14H14N2OS. The van der Waals surface area contributed by atoms with Gasteiger partial charge in [-0.3, -0.25) is 0 Å². The number of rotatable bonds is 3. The van der Waals surface area contributed by atoms with Gasteiger partial charge in [-0.1, -0.05) is 24.3 Å². The molecule has 0 radical (unpaired) electrons. The average Bonchev–Trinajstić information content (AvgIpc) is 2.43. The van der Waals surface area contributed by atoms with Crippen molar-refractivity contribution < 1.29 is 4.74 Å². The molecule has 18 heavy (non-hydrogen) atoms. The molecule has 0 saturated heterocycles. The topological polar surface area (TPSA) is 48.1 Å². The zero-order chi connectivity index (χ0) is 12.4. The van der Waals surface area contributed by atoms with E-state index in [9.17, 15) is 0 Å². The Morgan fingerprint density at radius 1 is 1.17 bits per heavy atom. The fourth-order valence-corrected chi connectivity index (χ4v) is 3.22. The zero-order valence-corrected chi connectivity index (χ0v) is 10.7. The van der Waals surface area contributed by atoms with E-state index in [1.165, 1.54) is 5.56 Å². The van der Waals surface area contributed by atoms with Crippen LogP contribution in [0.3, 0.4) is 0 Å². The van der Waals surface area contributed by atoms with E-state index in [1.54, 1.807) is 6.20 Å². The number of fused-ring (bicyclic) bond motifs is 2. The Hall–Kier alpha value is -1.52. The highest BCUT2D eigenvalue weighted by atomic mass is 32.2. The summed E-state index contributed by atoms with van der Waals surface area (Å²) in [6.07, 6.45) is 1.76. The highest BCUT2D eigenvalue weighted by molar-refractivity contribution is 7.99. The Balaban J connectivity index is 2.05. The van der Waals surface area contributed by atoms with E-state index in [0.717, 1.165) is 17.1 Å². The second-order valence-electron chi connectivity index (χ2n) is 4.08. The van der Waals surface area contributed by atoms with Crippen LogP contribution in [0, 0.1) is 0 Å². The number of nitrogens with two attached hydrogens (primary N) is 1. The van der Waals surface area contributed by atoms with Gasteiger partial charge in [-0.05, 0) is 12.1 Å². The van der Waals surface area contributed by atoms with Crippen molar-refractivity contribution in [3.63, 3.8) is 0 Å². The Morgan fingerprint density at radius 2 is 2.00 bits per heavy atom. The minimum atomic E-state index is 0.266. The Bertz CT molecular complexity index is 513. The lowest BCUT2D eigenvalue weighted by atomic mass is 10.0. The number of pyridine rings is 1. The molecule has 1 aromatic carbocycles. The van der Waals surface area contributed by atoms with E-state index in [-0.39, 0.29) is 5.25 Å². The molecule has 0 amide bonds. The van der Waals surface area contributed by atoms with Crippen molar-refractivity contribution in [2.45, 2.75) is 5.25 Å². The minimum Gasteiger partial charge on any atom is -0.438 e. The molecule has 1 atom stereocenters. The van der Waals surface area contributed by atoms with E-state index in [4.69, 9.17) is 10.5 Å². The molecule has 0 aliphatic carbocycles. The van der Waals surface area contributed by atoms with Gasteiger partial charge in [-0.25, -0.2) is 4.98 Å². The summed E-state index contributed by atoms with van der Waals surface area (Å²) in [5.41, 5.74) is 7.96. The number of hydrogen-bond donors (Lipinski definition) is 1. The van der Waals surface area contributed by atoms with E-state index in [2.05, 4.69) is 17.1 Å². The van der Waals surface area contributed by atoms with Gasteiger partial charge in [0.05, 0.1) is 5.25 Å². The molecule has 0 spiro atoms. The molecular weight excluding hydrogens is 244 g/mol. The molecule has 3 rings (SSSR count). The highest BCUT2D eigenvalue weighted by Crippen LogP contribution is 2.47. The van der Waals surface area contributed by atoms with Gasteiger partial charge in [-0.2, -0.15) is 0 Å². The van der Waals surface area contributed by atoms with Crippen LogP contribution in [0.4, 0.5) is 0 Å². The standard InChI is InChI=1S/C14H14N2OS/c15-7-9-18-13-10-4-1-2-6-12(10)17-14-11(13)5-3-8-16-14/h1-6,8,13H,7,9,15H2/t13-/m0/s1. The first-order valence-corrected chi connectivity index (χ1v) is 6.98. The molecule has 1 aliphatic rings. The van der Waals surface area contributed by atoms with E-state index < -0.39 is 0 Å². The van der Waals surface area contributed by atoms with Gasteiger partial charge < -0.3 is 10.5 Å². The van der Waals surface area contributed by atoms with Gasteiger partial charge in [0.15, 0.2) is 0 Å². The molecule has 0 bridgehead atoms. The van der Waals surface area contributed by atoms with Gasteiger partial charge in [0.1, 0.15) is 5.75 Å². The Morgan fingerprint density at radius 3 is 2.89 bits per heavy atom. The SMILES string of the molecule is NCCS[C@H]1c2ccccc2Oc2ncccc21. The van der Waals surface area contributed by atoms with Crippen molar-refractivity contribution in [1.82, 2.24) is 4.98 Å². The molecule has 2 heterocycles. The monoisotopic (exact) mass is 258 g/mol. The summed E-state index contributed by atoms with van der Waals surface area (Å²) in [6, 6.07) is 12.2. The van der Waals surface area contributed by atoms with Crippen molar-refractivity contribution in [3.05, 3.63) is 53.7 Å². The van der Waals surface area contributed by atoms with Crippen LogP contribution in [0.5, 0.6) is 11.6 Å². The van der Waals surface area contributed by atoms with Crippen LogP contribution in [0.25, 0.3) is 0 Å². The lowest BCUT2D eigenvalue weighted by Crippen LogP contribution is -2.11. The predicted octanol–water partition coefficient (Wildman–Crippen LogP) is 2.97. The fraction of sp³-hybridized carbons (Fsp3) is 0.214. The second-order valence-corrected chi connectivity index (χ2v) is 5.29. The number of hydrogen-bond acceptors (Lipinski definition) is 4. The number of ether oxygens (including phenoxy) is 1. The number of para-hydroxylation sites is 1. The van der Waals surface area contributed by atoms with Crippen LogP contribution in [-0.2, 0) is 0 Å². The lowest BCUT2D eigenvalue weighted by molar-refractivity contribution is 0.439. The van der Waals surface area contributed by atoms with Crippen molar-refractivity contribution >= 4 is 11.8 Å². The van der Waals surface area contributed by atoms with Crippen molar-refractivity contribution in [2.75, 3.05) is 12.3 Å². The molecule has 0 unspecified atom stereocenters. The second kappa shape index (κ2) is 5.00. The summed E-state index contributed by atoms with van der Waals surface area (Å²) >= 11 is 1.84. The largest absolute Gasteiger partial charge is 0.438 e. The van der Waals surface area contributed by atoms with Gasteiger partial charge in [0, 0.05) is 29.6 Å². The number of thioether (sulfide) groups is 1. The predicted molar refractivity (Wildman–Crippen MR) is 74.1 cm³/mol. The molecule has 2 N–H and O–H groups in total. The third kappa shape index (κ3) is 1.98. The van der Waals surface area contributed by atoms with Crippen LogP contribution in [-0.4, -0.2) is 17.3 Å². The van der Waals surface area contributed by atoms with Crippen LogP contribution in [0.2, 0.25) is 0 Å². The minimum absolute atomic E-state index is 0.266. The van der Waals surface area contributed by atoms with Crippen LogP contribution in [0.15, 0.2) is 42.6 Å². The average molecular weight is 258 g/mol. The van der Waals surface area contributed by atoms with Crippen LogP contribution in [0.1, 0.15) is 16.4 Å². The van der Waals surface area contributed by atoms with Crippen LogP contribution >= 0.6 is 11.8 Å². The van der Waals surface area contributed by atoms with Gasteiger partial charge in [-0.15, -0.1) is 11.8 Å². The Kier molecular flexibility index (Phi) is 3.21. The number of nitrogens with zero attached hydrogens (tertiary/aromatic N) is 1. The number of benzene rings is 1. The first kappa shape index (κ1) is 11.6. The molecule has 0 saturated carbocycles. The maximum absolute atomic E-state index is 5.83. The first-order chi connectivity index (χ1) is 8.90. The van der Waals surface area contributed by atoms with Crippen molar-refractivity contribution in [3.8, 4) is 11.6 Å². The summed E-state index contributed by atoms with van der Waals surface area (Å²) in [5, 5.41) is 0.266. The lowest BCUT2D eigenvalue weighted by Gasteiger charge is -2.26. The maximum atomic E-state index is 5.83. The molecule has 92 valence electrons. The smallest absolute Gasteiger partial charge is 0.223 e. The van der Waals surface area contributed by atoms with Crippen molar-refractivity contribution in [1.29, 1.82) is 0 Å². The van der Waals surface area contributed by atoms with Gasteiger partial charge in [0.2, 0.25) is 5.88 Å². The summed E-state index contributed by atoms with van der Waals surface area (Å²) < 4.78 is 5.83. The summed E-state index contributed by atoms with van der Waals surface area (Å²) in [7, 11) is 0. The zero-order valence-electron chi connectivity index (χ0n) is 9.87. The summed E-state index contributed by atoms with van der Waals surface area (Å²) in [4.78, 5) is 4.31. The summed E-state index contributed by atoms with van der Waals surface area (Å²) in [6.45, 7) is 0.680. The molecule has 1 aromatic heterocycles. The first-order valence-electron chi connectivity index (χ1n) is 5.93. The van der Waals surface area contributed by atoms with Gasteiger partial charge >= 0.3 is 0 Å². The maximum Gasteiger partial charge on any atom is 0.223 e. The molecule has 4 heteroatoms. The van der Waals surface area contributed by atoms with Gasteiger partial charge in [0.25, 0.3) is 0 Å². The summed E-state index contributed by atoms with van der Waals surface area (Å²) in [5.74, 6) is 2.54. The third-order valence-electron chi connectivity index (χ3n) is 2.89. The molecule has 3 nitrogen and oxygen atoms in total. The van der Waals surface area contributed by atoms with Crippen molar-refractivity contribution in [2.24, 2.45) is 5.73 Å².